The van der Waals surface area contributed by atoms with E-state index in [1.807, 2.05) is 38.1 Å². The number of hydrogen-bond acceptors (Lipinski definition) is 6. The Bertz CT molecular complexity index is 979. The molecule has 0 saturated carbocycles. The molecule has 2 aromatic carbocycles. The van der Waals surface area contributed by atoms with Crippen LogP contribution in [0, 0.1) is 20.8 Å². The fraction of sp³-hybridized carbons (Fsp3) is 0.190. The third kappa shape index (κ3) is 5.17. The molecule has 1 heterocycles. The Morgan fingerprint density at radius 1 is 0.964 bits per heavy atom. The molecule has 1 amide bonds. The van der Waals surface area contributed by atoms with Crippen LogP contribution in [0.1, 0.15) is 25.9 Å². The number of anilines is 1. The Morgan fingerprint density at radius 2 is 1.57 bits per heavy atom. The standard InChI is InChI=1S/C21H20N2O4S/c1-13-4-8-17(9-5-13)27-18-10-6-16(7-11-18)23-19(24)12-26-21(25)20-14(2)22-15(3)28-20/h4-11H,12H2,1-3H3,(H,23,24). The van der Waals surface area contributed by atoms with E-state index in [0.29, 0.717) is 22.0 Å². The van der Waals surface area contributed by atoms with E-state index < -0.39 is 11.9 Å². The summed E-state index contributed by atoms with van der Waals surface area (Å²) >= 11 is 1.25. The summed E-state index contributed by atoms with van der Waals surface area (Å²) in [6.07, 6.45) is 0. The highest BCUT2D eigenvalue weighted by Crippen LogP contribution is 2.23. The minimum atomic E-state index is -0.542. The van der Waals surface area contributed by atoms with E-state index >= 15 is 0 Å². The summed E-state index contributed by atoms with van der Waals surface area (Å²) in [6, 6.07) is 14.7. The van der Waals surface area contributed by atoms with Gasteiger partial charge in [0.05, 0.1) is 10.7 Å². The highest BCUT2D eigenvalue weighted by molar-refractivity contribution is 7.13. The molecule has 1 N–H and O–H groups in total. The molecule has 0 radical (unpaired) electrons. The molecule has 0 spiro atoms. The van der Waals surface area contributed by atoms with Crippen LogP contribution in [0.3, 0.4) is 0 Å². The summed E-state index contributed by atoms with van der Waals surface area (Å²) in [7, 11) is 0. The first kappa shape index (κ1) is 19.6. The van der Waals surface area contributed by atoms with Gasteiger partial charge in [-0.1, -0.05) is 17.7 Å². The van der Waals surface area contributed by atoms with Gasteiger partial charge in [-0.2, -0.15) is 0 Å². The van der Waals surface area contributed by atoms with Crippen LogP contribution in [0.4, 0.5) is 5.69 Å². The Labute approximate surface area is 167 Å². The number of ether oxygens (including phenoxy) is 2. The van der Waals surface area contributed by atoms with Crippen LogP contribution in [0.15, 0.2) is 48.5 Å². The van der Waals surface area contributed by atoms with E-state index in [4.69, 9.17) is 9.47 Å². The molecule has 28 heavy (non-hydrogen) atoms. The Kier molecular flexibility index (Phi) is 6.06. The van der Waals surface area contributed by atoms with E-state index in [1.54, 1.807) is 31.2 Å². The maximum absolute atomic E-state index is 12.0. The average Bonchev–Trinajstić information content (AvgIpc) is 3.01. The summed E-state index contributed by atoms with van der Waals surface area (Å²) in [5.41, 5.74) is 2.35. The largest absolute Gasteiger partial charge is 0.457 e. The third-order valence-corrected chi connectivity index (χ3v) is 4.87. The van der Waals surface area contributed by atoms with Gasteiger partial charge in [-0.25, -0.2) is 9.78 Å². The lowest BCUT2D eigenvalue weighted by atomic mass is 10.2. The van der Waals surface area contributed by atoms with E-state index in [2.05, 4.69) is 10.3 Å². The van der Waals surface area contributed by atoms with Gasteiger partial charge in [0.1, 0.15) is 16.4 Å². The van der Waals surface area contributed by atoms with Crippen LogP contribution in [0.2, 0.25) is 0 Å². The normalized spacial score (nSPS) is 10.4. The van der Waals surface area contributed by atoms with Gasteiger partial charge < -0.3 is 14.8 Å². The highest BCUT2D eigenvalue weighted by atomic mass is 32.1. The Morgan fingerprint density at radius 3 is 2.14 bits per heavy atom. The first-order valence-electron chi connectivity index (χ1n) is 8.66. The second-order valence-corrected chi connectivity index (χ2v) is 7.41. The van der Waals surface area contributed by atoms with Gasteiger partial charge >= 0.3 is 5.97 Å². The number of aromatic nitrogens is 1. The third-order valence-electron chi connectivity index (χ3n) is 3.82. The van der Waals surface area contributed by atoms with Gasteiger partial charge in [0.15, 0.2) is 6.61 Å². The molecule has 0 saturated heterocycles. The molecular formula is C21H20N2O4S. The van der Waals surface area contributed by atoms with Crippen molar-refractivity contribution in [2.45, 2.75) is 20.8 Å². The lowest BCUT2D eigenvalue weighted by Crippen LogP contribution is -2.20. The highest BCUT2D eigenvalue weighted by Gasteiger charge is 2.16. The van der Waals surface area contributed by atoms with Gasteiger partial charge in [0.2, 0.25) is 0 Å². The van der Waals surface area contributed by atoms with Crippen molar-refractivity contribution < 1.29 is 19.1 Å². The summed E-state index contributed by atoms with van der Waals surface area (Å²) in [4.78, 5) is 28.6. The van der Waals surface area contributed by atoms with Crippen molar-refractivity contribution in [2.75, 3.05) is 11.9 Å². The molecule has 0 fully saturated rings. The zero-order chi connectivity index (χ0) is 20.1. The van der Waals surface area contributed by atoms with Gasteiger partial charge in [0, 0.05) is 5.69 Å². The number of esters is 1. The van der Waals surface area contributed by atoms with Gasteiger partial charge in [-0.05, 0) is 57.2 Å². The number of rotatable bonds is 6. The van der Waals surface area contributed by atoms with Crippen molar-refractivity contribution >= 4 is 28.9 Å². The molecule has 1 aromatic heterocycles. The molecular weight excluding hydrogens is 376 g/mol. The Hall–Kier alpha value is -3.19. The van der Waals surface area contributed by atoms with E-state index in [9.17, 15) is 9.59 Å². The summed E-state index contributed by atoms with van der Waals surface area (Å²) in [5, 5.41) is 3.46. The van der Waals surface area contributed by atoms with E-state index in [1.165, 1.54) is 11.3 Å². The molecule has 0 aliphatic heterocycles. The van der Waals surface area contributed by atoms with Crippen LogP contribution in [-0.2, 0) is 9.53 Å². The number of thiazole rings is 1. The number of nitrogens with one attached hydrogen (secondary N) is 1. The summed E-state index contributed by atoms with van der Waals surface area (Å²) < 4.78 is 10.8. The molecule has 3 rings (SSSR count). The predicted octanol–water partition coefficient (Wildman–Crippen LogP) is 4.66. The number of carbonyl (C=O) groups excluding carboxylic acids is 2. The second kappa shape index (κ2) is 8.67. The monoisotopic (exact) mass is 396 g/mol. The maximum Gasteiger partial charge on any atom is 0.350 e. The second-order valence-electron chi connectivity index (χ2n) is 6.21. The summed E-state index contributed by atoms with van der Waals surface area (Å²) in [5.74, 6) is 0.437. The zero-order valence-electron chi connectivity index (χ0n) is 15.8. The molecule has 6 nitrogen and oxygen atoms in total. The fourth-order valence-electron chi connectivity index (χ4n) is 2.46. The zero-order valence-corrected chi connectivity index (χ0v) is 16.6. The molecule has 0 aliphatic rings. The first-order chi connectivity index (χ1) is 13.4. The molecule has 3 aromatic rings. The quantitative estimate of drug-likeness (QED) is 0.614. The van der Waals surface area contributed by atoms with Crippen molar-refractivity contribution in [1.82, 2.24) is 4.98 Å². The maximum atomic E-state index is 12.0. The van der Waals surface area contributed by atoms with Crippen LogP contribution >= 0.6 is 11.3 Å². The lowest BCUT2D eigenvalue weighted by molar-refractivity contribution is -0.119. The number of aryl methyl sites for hydroxylation is 3. The number of benzene rings is 2. The molecule has 7 heteroatoms. The van der Waals surface area contributed by atoms with Crippen LogP contribution < -0.4 is 10.1 Å². The minimum absolute atomic E-state index is 0.364. The number of carbonyl (C=O) groups is 2. The fourth-order valence-corrected chi connectivity index (χ4v) is 3.28. The van der Waals surface area contributed by atoms with Gasteiger partial charge in [-0.15, -0.1) is 11.3 Å². The summed E-state index contributed by atoms with van der Waals surface area (Å²) in [6.45, 7) is 5.20. The SMILES string of the molecule is Cc1ccc(Oc2ccc(NC(=O)COC(=O)c3sc(C)nc3C)cc2)cc1. The minimum Gasteiger partial charge on any atom is -0.457 e. The molecule has 0 atom stereocenters. The molecule has 144 valence electrons. The average molecular weight is 396 g/mol. The van der Waals surface area contributed by atoms with Crippen molar-refractivity contribution in [3.8, 4) is 11.5 Å². The smallest absolute Gasteiger partial charge is 0.350 e. The van der Waals surface area contributed by atoms with Gasteiger partial charge in [0.25, 0.3) is 5.91 Å². The molecule has 0 bridgehead atoms. The number of hydrogen-bond donors (Lipinski definition) is 1. The number of amides is 1. The Balaban J connectivity index is 1.50. The van der Waals surface area contributed by atoms with Crippen LogP contribution in [0.25, 0.3) is 0 Å². The van der Waals surface area contributed by atoms with Gasteiger partial charge in [-0.3, -0.25) is 4.79 Å². The van der Waals surface area contributed by atoms with Crippen molar-refractivity contribution in [3.63, 3.8) is 0 Å². The lowest BCUT2D eigenvalue weighted by Gasteiger charge is -2.09. The van der Waals surface area contributed by atoms with Crippen LogP contribution in [0.5, 0.6) is 11.5 Å². The van der Waals surface area contributed by atoms with Crippen molar-refractivity contribution in [3.05, 3.63) is 69.7 Å². The van der Waals surface area contributed by atoms with Crippen molar-refractivity contribution in [1.29, 1.82) is 0 Å². The number of nitrogens with zero attached hydrogens (tertiary/aromatic N) is 1. The van der Waals surface area contributed by atoms with E-state index in [-0.39, 0.29) is 6.61 Å². The molecule has 0 unspecified atom stereocenters. The molecule has 0 aliphatic carbocycles. The van der Waals surface area contributed by atoms with Crippen LogP contribution in [-0.4, -0.2) is 23.5 Å². The first-order valence-corrected chi connectivity index (χ1v) is 9.48. The topological polar surface area (TPSA) is 77.5 Å². The van der Waals surface area contributed by atoms with E-state index in [0.717, 1.165) is 16.3 Å². The predicted molar refractivity (Wildman–Crippen MR) is 108 cm³/mol. The van der Waals surface area contributed by atoms with Crippen molar-refractivity contribution in [2.24, 2.45) is 0 Å².